The molecule has 0 aliphatic carbocycles. The Labute approximate surface area is 124 Å². The quantitative estimate of drug-likeness (QED) is 0.797. The predicted octanol–water partition coefficient (Wildman–Crippen LogP) is 1.80. The van der Waals surface area contributed by atoms with Crippen LogP contribution in [0, 0.1) is 0 Å². The summed E-state index contributed by atoms with van der Waals surface area (Å²) in [6.45, 7) is 0.310. The Morgan fingerprint density at radius 2 is 1.76 bits per heavy atom. The average Bonchev–Trinajstić information content (AvgIpc) is 2.49. The van der Waals surface area contributed by atoms with E-state index in [1.807, 2.05) is 12.1 Å². The molecule has 2 aromatic rings. The number of ether oxygens (including phenoxy) is 1. The Morgan fingerprint density at radius 1 is 1.10 bits per heavy atom. The molecule has 0 saturated carbocycles. The van der Waals surface area contributed by atoms with Gasteiger partial charge in [-0.3, -0.25) is 0 Å². The summed E-state index contributed by atoms with van der Waals surface area (Å²) in [5.41, 5.74) is 7.32. The first-order valence-corrected chi connectivity index (χ1v) is 7.98. The molecule has 0 fully saturated rings. The summed E-state index contributed by atoms with van der Waals surface area (Å²) in [6, 6.07) is 13.9. The second-order valence-electron chi connectivity index (χ2n) is 4.54. The van der Waals surface area contributed by atoms with Gasteiger partial charge in [-0.2, -0.15) is 0 Å². The van der Waals surface area contributed by atoms with Gasteiger partial charge in [0.05, 0.1) is 7.11 Å². The first-order chi connectivity index (χ1) is 10.0. The lowest BCUT2D eigenvalue weighted by Gasteiger charge is -2.10. The first-order valence-electron chi connectivity index (χ1n) is 6.50. The van der Waals surface area contributed by atoms with E-state index >= 15 is 0 Å². The lowest BCUT2D eigenvalue weighted by Crippen LogP contribution is -2.26. The highest BCUT2D eigenvalue weighted by Gasteiger charge is 2.18. The van der Waals surface area contributed by atoms with E-state index in [1.54, 1.807) is 30.3 Å². The third kappa shape index (κ3) is 3.96. The molecule has 0 atom stereocenters. The van der Waals surface area contributed by atoms with Crippen molar-refractivity contribution in [3.05, 3.63) is 54.1 Å². The number of hydrogen-bond acceptors (Lipinski definition) is 4. The fourth-order valence-electron chi connectivity index (χ4n) is 1.93. The number of methoxy groups -OCH3 is 1. The van der Waals surface area contributed by atoms with Crippen molar-refractivity contribution in [2.45, 2.75) is 11.3 Å². The zero-order valence-corrected chi connectivity index (χ0v) is 12.6. The Morgan fingerprint density at radius 3 is 2.43 bits per heavy atom. The van der Waals surface area contributed by atoms with Gasteiger partial charge in [0.25, 0.3) is 0 Å². The van der Waals surface area contributed by atoms with Crippen molar-refractivity contribution in [3.63, 3.8) is 0 Å². The maximum Gasteiger partial charge on any atom is 0.244 e. The van der Waals surface area contributed by atoms with E-state index in [2.05, 4.69) is 4.72 Å². The number of nitrogens with two attached hydrogens (primary N) is 1. The predicted molar refractivity (Wildman–Crippen MR) is 82.7 cm³/mol. The van der Waals surface area contributed by atoms with Crippen molar-refractivity contribution in [3.8, 4) is 5.75 Å². The molecule has 0 bridgehead atoms. The maximum absolute atomic E-state index is 12.2. The normalized spacial score (nSPS) is 11.3. The van der Waals surface area contributed by atoms with Gasteiger partial charge in [-0.1, -0.05) is 24.3 Å². The zero-order valence-electron chi connectivity index (χ0n) is 11.7. The number of hydrogen-bond donors (Lipinski definition) is 2. The Kier molecular flexibility index (Phi) is 4.82. The van der Waals surface area contributed by atoms with E-state index in [4.69, 9.17) is 10.5 Å². The van der Waals surface area contributed by atoms with Crippen LogP contribution in [0.3, 0.4) is 0 Å². The van der Waals surface area contributed by atoms with Crippen LogP contribution in [0.15, 0.2) is 53.4 Å². The minimum Gasteiger partial charge on any atom is -0.495 e. The van der Waals surface area contributed by atoms with Crippen molar-refractivity contribution in [2.75, 3.05) is 19.4 Å². The summed E-state index contributed by atoms with van der Waals surface area (Å²) in [4.78, 5) is 0.143. The molecule has 0 radical (unpaired) electrons. The molecule has 5 nitrogen and oxygen atoms in total. The number of nitrogens with one attached hydrogen (secondary N) is 1. The molecule has 2 aromatic carbocycles. The average molecular weight is 306 g/mol. The standard InChI is InChI=1S/C15H18N2O3S/c1-20-14-4-2-3-5-15(14)21(18,19)17-11-10-12-6-8-13(16)9-7-12/h2-9,17H,10-11,16H2,1H3. The lowest BCUT2D eigenvalue weighted by atomic mass is 10.1. The van der Waals surface area contributed by atoms with Crippen LogP contribution >= 0.6 is 0 Å². The minimum atomic E-state index is -3.58. The molecule has 0 saturated heterocycles. The van der Waals surface area contributed by atoms with Crippen molar-refractivity contribution in [1.82, 2.24) is 4.72 Å². The third-order valence-corrected chi connectivity index (χ3v) is 4.54. The fraction of sp³-hybridized carbons (Fsp3) is 0.200. The molecule has 112 valence electrons. The highest BCUT2D eigenvalue weighted by atomic mass is 32.2. The number of rotatable bonds is 6. The summed E-state index contributed by atoms with van der Waals surface area (Å²) in [5, 5.41) is 0. The van der Waals surface area contributed by atoms with Gasteiger partial charge in [-0.05, 0) is 36.2 Å². The molecule has 0 aliphatic heterocycles. The molecular weight excluding hydrogens is 288 g/mol. The van der Waals surface area contributed by atoms with E-state index in [1.165, 1.54) is 13.2 Å². The molecule has 0 amide bonds. The molecule has 21 heavy (non-hydrogen) atoms. The van der Waals surface area contributed by atoms with E-state index < -0.39 is 10.0 Å². The SMILES string of the molecule is COc1ccccc1S(=O)(=O)NCCc1ccc(N)cc1. The van der Waals surface area contributed by atoms with Gasteiger partial charge in [0.15, 0.2) is 0 Å². The Bertz CT molecular complexity index is 697. The van der Waals surface area contributed by atoms with Crippen LogP contribution in [0.1, 0.15) is 5.56 Å². The van der Waals surface area contributed by atoms with E-state index in [0.29, 0.717) is 24.4 Å². The van der Waals surface area contributed by atoms with Gasteiger partial charge in [-0.25, -0.2) is 13.1 Å². The second-order valence-corrected chi connectivity index (χ2v) is 6.28. The van der Waals surface area contributed by atoms with Crippen LogP contribution in [0.25, 0.3) is 0 Å². The van der Waals surface area contributed by atoms with Crippen LogP contribution < -0.4 is 15.2 Å². The van der Waals surface area contributed by atoms with Gasteiger partial charge in [0.2, 0.25) is 10.0 Å². The molecule has 0 spiro atoms. The van der Waals surface area contributed by atoms with Crippen molar-refractivity contribution in [1.29, 1.82) is 0 Å². The number of sulfonamides is 1. The number of nitrogen functional groups attached to an aromatic ring is 1. The minimum absolute atomic E-state index is 0.143. The largest absolute Gasteiger partial charge is 0.495 e. The number of benzene rings is 2. The number of para-hydroxylation sites is 1. The third-order valence-electron chi connectivity index (χ3n) is 3.04. The molecule has 0 aliphatic rings. The van der Waals surface area contributed by atoms with Crippen molar-refractivity contribution >= 4 is 15.7 Å². The second kappa shape index (κ2) is 6.60. The highest BCUT2D eigenvalue weighted by Crippen LogP contribution is 2.22. The van der Waals surface area contributed by atoms with Gasteiger partial charge in [0, 0.05) is 12.2 Å². The van der Waals surface area contributed by atoms with Gasteiger partial charge in [0.1, 0.15) is 10.6 Å². The zero-order chi connectivity index (χ0) is 15.3. The van der Waals surface area contributed by atoms with Crippen molar-refractivity contribution in [2.24, 2.45) is 0 Å². The summed E-state index contributed by atoms with van der Waals surface area (Å²) in [7, 11) is -2.13. The van der Waals surface area contributed by atoms with Crippen LogP contribution in [0.2, 0.25) is 0 Å². The van der Waals surface area contributed by atoms with Gasteiger partial charge in [-0.15, -0.1) is 0 Å². The van der Waals surface area contributed by atoms with Crippen LogP contribution in [-0.4, -0.2) is 22.1 Å². The summed E-state index contributed by atoms with van der Waals surface area (Å²) >= 11 is 0. The number of anilines is 1. The summed E-state index contributed by atoms with van der Waals surface area (Å²) < 4.78 is 32.1. The molecule has 3 N–H and O–H groups in total. The molecular formula is C15H18N2O3S. The topological polar surface area (TPSA) is 81.4 Å². The van der Waals surface area contributed by atoms with Gasteiger partial charge < -0.3 is 10.5 Å². The van der Waals surface area contributed by atoms with Crippen molar-refractivity contribution < 1.29 is 13.2 Å². The molecule has 0 aromatic heterocycles. The molecule has 6 heteroatoms. The highest BCUT2D eigenvalue weighted by molar-refractivity contribution is 7.89. The Balaban J connectivity index is 2.03. The fourth-order valence-corrected chi connectivity index (χ4v) is 3.13. The van der Waals surface area contributed by atoms with Crippen LogP contribution in [-0.2, 0) is 16.4 Å². The Hall–Kier alpha value is -2.05. The lowest BCUT2D eigenvalue weighted by molar-refractivity contribution is 0.402. The van der Waals surface area contributed by atoms with Crippen LogP contribution in [0.4, 0.5) is 5.69 Å². The molecule has 0 heterocycles. The monoisotopic (exact) mass is 306 g/mol. The van der Waals surface area contributed by atoms with Crippen LogP contribution in [0.5, 0.6) is 5.75 Å². The molecule has 2 rings (SSSR count). The summed E-state index contributed by atoms with van der Waals surface area (Å²) in [5.74, 6) is 0.331. The van der Waals surface area contributed by atoms with E-state index in [9.17, 15) is 8.42 Å². The van der Waals surface area contributed by atoms with E-state index in [0.717, 1.165) is 5.56 Å². The molecule has 0 unspecified atom stereocenters. The smallest absolute Gasteiger partial charge is 0.244 e. The van der Waals surface area contributed by atoms with E-state index in [-0.39, 0.29) is 4.90 Å². The van der Waals surface area contributed by atoms with Gasteiger partial charge >= 0.3 is 0 Å². The summed E-state index contributed by atoms with van der Waals surface area (Å²) in [6.07, 6.45) is 0.592. The maximum atomic E-state index is 12.2. The first kappa shape index (κ1) is 15.3.